The lowest BCUT2D eigenvalue weighted by Gasteiger charge is -2.17. The predicted octanol–water partition coefficient (Wildman–Crippen LogP) is 2.27. The van der Waals surface area contributed by atoms with Gasteiger partial charge in [-0.25, -0.2) is 8.42 Å². The second kappa shape index (κ2) is 7.15. The van der Waals surface area contributed by atoms with E-state index < -0.39 is 10.0 Å². The van der Waals surface area contributed by atoms with E-state index in [1.165, 1.54) is 21.1 Å². The number of carbonyl (C=O) groups is 1. The van der Waals surface area contributed by atoms with E-state index in [4.69, 9.17) is 11.6 Å². The normalized spacial score (nSPS) is 15.4. The summed E-state index contributed by atoms with van der Waals surface area (Å²) in [4.78, 5) is 12.1. The zero-order chi connectivity index (χ0) is 18.0. The molecule has 0 atom stereocenters. The van der Waals surface area contributed by atoms with E-state index in [9.17, 15) is 13.2 Å². The van der Waals surface area contributed by atoms with E-state index >= 15 is 0 Å². The Labute approximate surface area is 151 Å². The van der Waals surface area contributed by atoms with Gasteiger partial charge in [-0.1, -0.05) is 11.6 Å². The third-order valence-electron chi connectivity index (χ3n) is 3.97. The number of hydrogen-bond donors (Lipinski definition) is 1. The maximum atomic E-state index is 12.7. The Balaban J connectivity index is 1.78. The van der Waals surface area contributed by atoms with Gasteiger partial charge in [0.05, 0.1) is 11.2 Å². The average Bonchev–Trinajstić information content (AvgIpc) is 3.21. The van der Waals surface area contributed by atoms with Crippen LogP contribution in [0.25, 0.3) is 0 Å². The number of carbonyl (C=O) groups excluding carboxylic acids is 1. The maximum absolute atomic E-state index is 12.7. The van der Waals surface area contributed by atoms with E-state index in [1.807, 2.05) is 6.92 Å². The number of nitrogens with one attached hydrogen (secondary N) is 1. The fourth-order valence-corrected chi connectivity index (χ4v) is 4.76. The molecule has 2 aromatic rings. The molecular weight excluding hydrogens is 364 g/mol. The van der Waals surface area contributed by atoms with E-state index in [0.29, 0.717) is 18.8 Å². The Kier molecular flexibility index (Phi) is 5.12. The fraction of sp³-hybridized carbons (Fsp3) is 0.375. The van der Waals surface area contributed by atoms with Crippen molar-refractivity contribution in [2.75, 3.05) is 18.4 Å². The molecule has 3 rings (SSSR count). The van der Waals surface area contributed by atoms with Gasteiger partial charge in [0.25, 0.3) is 0 Å². The van der Waals surface area contributed by atoms with Gasteiger partial charge in [-0.15, -0.1) is 0 Å². The number of anilines is 1. The van der Waals surface area contributed by atoms with Crippen LogP contribution in [-0.4, -0.2) is 41.5 Å². The van der Waals surface area contributed by atoms with Crippen LogP contribution in [0, 0.1) is 6.92 Å². The number of halogens is 1. The van der Waals surface area contributed by atoms with Crippen molar-refractivity contribution >= 4 is 33.2 Å². The van der Waals surface area contributed by atoms with Crippen molar-refractivity contribution < 1.29 is 13.2 Å². The highest BCUT2D eigenvalue weighted by molar-refractivity contribution is 7.89. The molecule has 0 saturated carbocycles. The van der Waals surface area contributed by atoms with Crippen LogP contribution in [0.15, 0.2) is 35.5 Å². The summed E-state index contributed by atoms with van der Waals surface area (Å²) in [5, 5.41) is 6.89. The van der Waals surface area contributed by atoms with Crippen LogP contribution in [0.1, 0.15) is 18.4 Å². The van der Waals surface area contributed by atoms with Crippen LogP contribution in [0.3, 0.4) is 0 Å². The molecule has 1 aromatic carbocycles. The molecule has 2 heterocycles. The highest BCUT2D eigenvalue weighted by atomic mass is 35.5. The molecule has 0 spiro atoms. The number of sulfonamides is 1. The van der Waals surface area contributed by atoms with Crippen molar-refractivity contribution in [2.45, 2.75) is 31.2 Å². The lowest BCUT2D eigenvalue weighted by Crippen LogP contribution is -2.28. The van der Waals surface area contributed by atoms with Gasteiger partial charge in [0.15, 0.2) is 0 Å². The number of nitrogens with zero attached hydrogens (tertiary/aromatic N) is 3. The van der Waals surface area contributed by atoms with Crippen LogP contribution in [0.4, 0.5) is 5.69 Å². The Morgan fingerprint density at radius 1 is 1.32 bits per heavy atom. The van der Waals surface area contributed by atoms with Crippen molar-refractivity contribution in [1.82, 2.24) is 14.1 Å². The van der Waals surface area contributed by atoms with Crippen LogP contribution in [-0.2, 0) is 21.4 Å². The van der Waals surface area contributed by atoms with Gasteiger partial charge in [-0.05, 0) is 43.5 Å². The van der Waals surface area contributed by atoms with E-state index in [-0.39, 0.29) is 22.4 Å². The number of aromatic nitrogens is 2. The molecule has 1 N–H and O–H groups in total. The van der Waals surface area contributed by atoms with Gasteiger partial charge in [0.2, 0.25) is 15.9 Å². The SMILES string of the molecule is Cc1cnn(CC(=O)Nc2ccc(Cl)c(S(=O)(=O)N3CCCC3)c2)c1. The summed E-state index contributed by atoms with van der Waals surface area (Å²) in [6.45, 7) is 2.92. The summed E-state index contributed by atoms with van der Waals surface area (Å²) in [5.41, 5.74) is 1.34. The molecule has 0 aliphatic carbocycles. The van der Waals surface area contributed by atoms with Gasteiger partial charge in [-0.3, -0.25) is 9.48 Å². The number of amides is 1. The first-order chi connectivity index (χ1) is 11.9. The van der Waals surface area contributed by atoms with Crippen molar-refractivity contribution in [1.29, 1.82) is 0 Å². The molecule has 1 aliphatic heterocycles. The van der Waals surface area contributed by atoms with E-state index in [1.54, 1.807) is 18.5 Å². The molecule has 9 heteroatoms. The topological polar surface area (TPSA) is 84.3 Å². The number of aryl methyl sites for hydroxylation is 1. The smallest absolute Gasteiger partial charge is 0.246 e. The lowest BCUT2D eigenvalue weighted by atomic mass is 10.3. The van der Waals surface area contributed by atoms with Crippen LogP contribution >= 0.6 is 11.6 Å². The maximum Gasteiger partial charge on any atom is 0.246 e. The molecule has 0 radical (unpaired) electrons. The summed E-state index contributed by atoms with van der Waals surface area (Å²) in [6.07, 6.45) is 5.11. The molecule has 134 valence electrons. The number of benzene rings is 1. The monoisotopic (exact) mass is 382 g/mol. The molecule has 7 nitrogen and oxygen atoms in total. The van der Waals surface area contributed by atoms with Gasteiger partial charge >= 0.3 is 0 Å². The predicted molar refractivity (Wildman–Crippen MR) is 95.0 cm³/mol. The molecule has 0 unspecified atom stereocenters. The fourth-order valence-electron chi connectivity index (χ4n) is 2.75. The minimum atomic E-state index is -3.65. The largest absolute Gasteiger partial charge is 0.324 e. The van der Waals surface area contributed by atoms with E-state index in [0.717, 1.165) is 18.4 Å². The third kappa shape index (κ3) is 4.02. The Bertz CT molecular complexity index is 889. The summed E-state index contributed by atoms with van der Waals surface area (Å²) in [7, 11) is -3.65. The molecule has 1 fully saturated rings. The van der Waals surface area contributed by atoms with E-state index in [2.05, 4.69) is 10.4 Å². The summed E-state index contributed by atoms with van der Waals surface area (Å²) in [6, 6.07) is 4.47. The first kappa shape index (κ1) is 17.9. The molecule has 1 saturated heterocycles. The molecule has 1 aromatic heterocycles. The molecule has 25 heavy (non-hydrogen) atoms. The summed E-state index contributed by atoms with van der Waals surface area (Å²) >= 11 is 6.10. The van der Waals surface area contributed by atoms with Crippen molar-refractivity contribution in [3.63, 3.8) is 0 Å². The van der Waals surface area contributed by atoms with Gasteiger partial charge in [-0.2, -0.15) is 9.40 Å². The first-order valence-electron chi connectivity index (χ1n) is 7.95. The molecule has 1 amide bonds. The zero-order valence-corrected chi connectivity index (χ0v) is 15.3. The highest BCUT2D eigenvalue weighted by Gasteiger charge is 2.29. The van der Waals surface area contributed by atoms with Crippen LogP contribution < -0.4 is 5.32 Å². The van der Waals surface area contributed by atoms with Crippen molar-refractivity contribution in [3.8, 4) is 0 Å². The first-order valence-corrected chi connectivity index (χ1v) is 9.77. The van der Waals surface area contributed by atoms with Crippen LogP contribution in [0.2, 0.25) is 5.02 Å². The second-order valence-electron chi connectivity index (χ2n) is 6.02. The zero-order valence-electron chi connectivity index (χ0n) is 13.8. The van der Waals surface area contributed by atoms with Crippen molar-refractivity contribution in [2.24, 2.45) is 0 Å². The molecule has 1 aliphatic rings. The Morgan fingerprint density at radius 3 is 2.68 bits per heavy atom. The Morgan fingerprint density at radius 2 is 2.04 bits per heavy atom. The van der Waals surface area contributed by atoms with Gasteiger partial charge in [0, 0.05) is 25.0 Å². The van der Waals surface area contributed by atoms with Crippen LogP contribution in [0.5, 0.6) is 0 Å². The highest BCUT2D eigenvalue weighted by Crippen LogP contribution is 2.29. The van der Waals surface area contributed by atoms with Crippen molar-refractivity contribution in [3.05, 3.63) is 41.2 Å². The molecule has 0 bridgehead atoms. The Hall–Kier alpha value is -1.90. The standard InChI is InChI=1S/C16H19ClN4O3S/c1-12-9-18-20(10-12)11-16(22)19-13-4-5-14(17)15(8-13)25(23,24)21-6-2-3-7-21/h4-5,8-10H,2-3,6-7,11H2,1H3,(H,19,22). The minimum Gasteiger partial charge on any atom is -0.324 e. The second-order valence-corrected chi connectivity index (χ2v) is 8.33. The third-order valence-corrected chi connectivity index (χ3v) is 6.35. The quantitative estimate of drug-likeness (QED) is 0.859. The van der Waals surface area contributed by atoms with Gasteiger partial charge in [0.1, 0.15) is 11.4 Å². The number of hydrogen-bond acceptors (Lipinski definition) is 4. The minimum absolute atomic E-state index is 0.0174. The number of rotatable bonds is 5. The lowest BCUT2D eigenvalue weighted by molar-refractivity contribution is -0.116. The summed E-state index contributed by atoms with van der Waals surface area (Å²) in [5.74, 6) is -0.296. The average molecular weight is 383 g/mol. The molecular formula is C16H19ClN4O3S. The van der Waals surface area contributed by atoms with Gasteiger partial charge < -0.3 is 5.32 Å². The summed E-state index contributed by atoms with van der Waals surface area (Å²) < 4.78 is 28.3.